The molecule has 0 saturated carbocycles. The summed E-state index contributed by atoms with van der Waals surface area (Å²) in [6.45, 7) is 3.24. The molecular formula is C14H18O3. The molecule has 0 amide bonds. The maximum atomic E-state index is 5.80. The van der Waals surface area contributed by atoms with Crippen molar-refractivity contribution in [1.82, 2.24) is 0 Å². The lowest BCUT2D eigenvalue weighted by atomic mass is 10.2. The van der Waals surface area contributed by atoms with Gasteiger partial charge < -0.3 is 14.2 Å². The Balaban J connectivity index is 1.79. The number of ether oxygens (including phenoxy) is 3. The zero-order valence-electron chi connectivity index (χ0n) is 10.0. The summed E-state index contributed by atoms with van der Waals surface area (Å²) < 4.78 is 16.5. The average molecular weight is 234 g/mol. The van der Waals surface area contributed by atoms with Crippen molar-refractivity contribution in [2.24, 2.45) is 0 Å². The minimum absolute atomic E-state index is 0.0699. The first-order chi connectivity index (χ1) is 8.38. The van der Waals surface area contributed by atoms with Gasteiger partial charge in [-0.15, -0.1) is 0 Å². The number of hydrogen-bond donors (Lipinski definition) is 0. The molecule has 3 heteroatoms. The van der Waals surface area contributed by atoms with E-state index in [4.69, 9.17) is 14.2 Å². The molecule has 2 atom stereocenters. The predicted molar refractivity (Wildman–Crippen MR) is 65.3 cm³/mol. The van der Waals surface area contributed by atoms with Crippen molar-refractivity contribution in [2.45, 2.75) is 32.3 Å². The number of rotatable bonds is 5. The van der Waals surface area contributed by atoms with E-state index in [0.717, 1.165) is 6.42 Å². The zero-order chi connectivity index (χ0) is 11.9. The number of hydrogen-bond acceptors (Lipinski definition) is 3. The molecule has 0 unspecified atom stereocenters. The standard InChI is InChI=1S/C14H18O3/c1-2-15-14-10-13(8-9-16-14)17-11-12-6-4-3-5-7-12/h3-9,13-14H,2,10-11H2,1H3/t13-,14+/m1/s1. The maximum Gasteiger partial charge on any atom is 0.201 e. The Morgan fingerprint density at radius 3 is 2.82 bits per heavy atom. The second-order valence-corrected chi connectivity index (χ2v) is 3.92. The van der Waals surface area contributed by atoms with Crippen molar-refractivity contribution in [2.75, 3.05) is 6.61 Å². The highest BCUT2D eigenvalue weighted by molar-refractivity contribution is 5.13. The van der Waals surface area contributed by atoms with Gasteiger partial charge in [0.25, 0.3) is 0 Å². The third kappa shape index (κ3) is 3.88. The molecule has 0 saturated heterocycles. The molecule has 0 fully saturated rings. The van der Waals surface area contributed by atoms with Crippen molar-refractivity contribution in [3.63, 3.8) is 0 Å². The summed E-state index contributed by atoms with van der Waals surface area (Å²) in [5.74, 6) is 0. The fourth-order valence-corrected chi connectivity index (χ4v) is 1.74. The quantitative estimate of drug-likeness (QED) is 0.784. The van der Waals surface area contributed by atoms with Crippen LogP contribution < -0.4 is 0 Å². The molecular weight excluding hydrogens is 216 g/mol. The highest BCUT2D eigenvalue weighted by Gasteiger charge is 2.19. The highest BCUT2D eigenvalue weighted by Crippen LogP contribution is 2.16. The fourth-order valence-electron chi connectivity index (χ4n) is 1.74. The molecule has 0 aliphatic carbocycles. The molecule has 92 valence electrons. The van der Waals surface area contributed by atoms with Crippen LogP contribution in [0.5, 0.6) is 0 Å². The topological polar surface area (TPSA) is 27.7 Å². The Morgan fingerprint density at radius 2 is 2.06 bits per heavy atom. The third-order valence-electron chi connectivity index (χ3n) is 2.61. The second-order valence-electron chi connectivity index (χ2n) is 3.92. The molecule has 0 radical (unpaired) electrons. The van der Waals surface area contributed by atoms with Crippen LogP contribution in [0.2, 0.25) is 0 Å². The van der Waals surface area contributed by atoms with Gasteiger partial charge in [-0.2, -0.15) is 0 Å². The van der Waals surface area contributed by atoms with Gasteiger partial charge in [-0.05, 0) is 18.6 Å². The largest absolute Gasteiger partial charge is 0.473 e. The van der Waals surface area contributed by atoms with E-state index in [-0.39, 0.29) is 12.4 Å². The summed E-state index contributed by atoms with van der Waals surface area (Å²) in [5.41, 5.74) is 1.18. The molecule has 0 spiro atoms. The van der Waals surface area contributed by atoms with Gasteiger partial charge >= 0.3 is 0 Å². The Kier molecular flexibility index (Phi) is 4.59. The van der Waals surface area contributed by atoms with Crippen LogP contribution in [0.15, 0.2) is 42.7 Å². The van der Waals surface area contributed by atoms with E-state index in [1.165, 1.54) is 5.56 Å². The van der Waals surface area contributed by atoms with Crippen LogP contribution >= 0.6 is 0 Å². The molecule has 1 aromatic rings. The molecule has 3 nitrogen and oxygen atoms in total. The van der Waals surface area contributed by atoms with Gasteiger partial charge in [-0.3, -0.25) is 0 Å². The van der Waals surface area contributed by atoms with Crippen LogP contribution in [0.4, 0.5) is 0 Å². The molecule has 1 heterocycles. The van der Waals surface area contributed by atoms with Crippen molar-refractivity contribution in [3.05, 3.63) is 48.2 Å². The van der Waals surface area contributed by atoms with Crippen molar-refractivity contribution in [1.29, 1.82) is 0 Å². The summed E-state index contributed by atoms with van der Waals surface area (Å²) >= 11 is 0. The van der Waals surface area contributed by atoms with Crippen molar-refractivity contribution in [3.8, 4) is 0 Å². The minimum Gasteiger partial charge on any atom is -0.473 e. The molecule has 17 heavy (non-hydrogen) atoms. The van der Waals surface area contributed by atoms with E-state index in [1.807, 2.05) is 31.2 Å². The first-order valence-electron chi connectivity index (χ1n) is 5.97. The summed E-state index contributed by atoms with van der Waals surface area (Å²) in [6.07, 6.45) is 4.24. The Morgan fingerprint density at radius 1 is 1.24 bits per heavy atom. The van der Waals surface area contributed by atoms with Gasteiger partial charge in [0.15, 0.2) is 0 Å². The smallest absolute Gasteiger partial charge is 0.201 e. The Bertz CT molecular complexity index is 348. The summed E-state index contributed by atoms with van der Waals surface area (Å²) in [7, 11) is 0. The Labute approximate surface area is 102 Å². The lowest BCUT2D eigenvalue weighted by Gasteiger charge is -2.25. The molecule has 1 aliphatic rings. The maximum absolute atomic E-state index is 5.80. The van der Waals surface area contributed by atoms with Crippen LogP contribution in [0.1, 0.15) is 18.9 Å². The second kappa shape index (κ2) is 6.42. The van der Waals surface area contributed by atoms with E-state index in [0.29, 0.717) is 13.2 Å². The van der Waals surface area contributed by atoms with Crippen LogP contribution in [0.25, 0.3) is 0 Å². The van der Waals surface area contributed by atoms with Gasteiger partial charge in [0.05, 0.1) is 19.0 Å². The molecule has 2 rings (SSSR count). The minimum atomic E-state index is -0.175. The normalized spacial score (nSPS) is 23.4. The van der Waals surface area contributed by atoms with Crippen molar-refractivity contribution < 1.29 is 14.2 Å². The highest BCUT2D eigenvalue weighted by atomic mass is 16.7. The lowest BCUT2D eigenvalue weighted by Crippen LogP contribution is -2.26. The van der Waals surface area contributed by atoms with Crippen LogP contribution in [0.3, 0.4) is 0 Å². The fraction of sp³-hybridized carbons (Fsp3) is 0.429. The van der Waals surface area contributed by atoms with Crippen molar-refractivity contribution >= 4 is 0 Å². The van der Waals surface area contributed by atoms with Gasteiger partial charge in [0.1, 0.15) is 0 Å². The van der Waals surface area contributed by atoms with Crippen LogP contribution in [-0.4, -0.2) is 19.0 Å². The van der Waals surface area contributed by atoms with E-state index < -0.39 is 0 Å². The van der Waals surface area contributed by atoms with E-state index >= 15 is 0 Å². The molecule has 0 bridgehead atoms. The van der Waals surface area contributed by atoms with Crippen LogP contribution in [0, 0.1) is 0 Å². The monoisotopic (exact) mass is 234 g/mol. The molecule has 1 aromatic carbocycles. The molecule has 0 aromatic heterocycles. The zero-order valence-corrected chi connectivity index (χ0v) is 10.0. The Hall–Kier alpha value is -1.32. The lowest BCUT2D eigenvalue weighted by molar-refractivity contribution is -0.135. The average Bonchev–Trinajstić information content (AvgIpc) is 2.39. The van der Waals surface area contributed by atoms with E-state index in [1.54, 1.807) is 6.26 Å². The van der Waals surface area contributed by atoms with Gasteiger partial charge in [0, 0.05) is 13.0 Å². The molecule has 0 N–H and O–H groups in total. The summed E-state index contributed by atoms with van der Waals surface area (Å²) in [5, 5.41) is 0. The first kappa shape index (κ1) is 12.1. The predicted octanol–water partition coefficient (Wildman–Crippen LogP) is 2.87. The van der Waals surface area contributed by atoms with E-state index in [2.05, 4.69) is 12.1 Å². The van der Waals surface area contributed by atoms with Gasteiger partial charge in [-0.25, -0.2) is 0 Å². The van der Waals surface area contributed by atoms with Gasteiger partial charge in [-0.1, -0.05) is 30.3 Å². The third-order valence-corrected chi connectivity index (χ3v) is 2.61. The SMILES string of the molecule is CCO[C@@H]1C[C@H](OCc2ccccc2)C=CO1. The first-order valence-corrected chi connectivity index (χ1v) is 5.97. The van der Waals surface area contributed by atoms with Gasteiger partial charge in [0.2, 0.25) is 6.29 Å². The summed E-state index contributed by atoms with van der Waals surface area (Å²) in [6, 6.07) is 10.2. The number of benzene rings is 1. The van der Waals surface area contributed by atoms with E-state index in [9.17, 15) is 0 Å². The molecule has 1 aliphatic heterocycles. The van der Waals surface area contributed by atoms with Crippen LogP contribution in [-0.2, 0) is 20.8 Å². The summed E-state index contributed by atoms with van der Waals surface area (Å²) in [4.78, 5) is 0.